The first-order valence-corrected chi connectivity index (χ1v) is 9.70. The molecule has 0 saturated heterocycles. The lowest BCUT2D eigenvalue weighted by Gasteiger charge is -2.07. The van der Waals surface area contributed by atoms with E-state index in [-0.39, 0.29) is 11.4 Å². The van der Waals surface area contributed by atoms with Crippen LogP contribution in [-0.2, 0) is 4.79 Å². The number of nitrogens with one attached hydrogen (secondary N) is 1. The first-order valence-electron chi connectivity index (χ1n) is 8.33. The zero-order chi connectivity index (χ0) is 20.4. The summed E-state index contributed by atoms with van der Waals surface area (Å²) in [5, 5.41) is 8.54. The van der Waals surface area contributed by atoms with Crippen LogP contribution in [0.3, 0.4) is 0 Å². The Labute approximate surface area is 172 Å². The lowest BCUT2D eigenvalue weighted by atomic mass is 10.3. The maximum Gasteiger partial charge on any atom is 0.234 e. The molecule has 4 aromatic rings. The van der Waals surface area contributed by atoms with Gasteiger partial charge in [-0.3, -0.25) is 4.79 Å². The lowest BCUT2D eigenvalue weighted by Crippen LogP contribution is -2.15. The van der Waals surface area contributed by atoms with Crippen LogP contribution in [0.4, 0.5) is 14.5 Å². The number of carbonyl (C=O) groups excluding carboxylic acids is 1. The standard InChI is InChI=1S/C19H12ClF2N5OS/c20-11-2-1-3-13(6-11)27-18-14(8-25-27)19(24-10-23-18)29-9-17(28)26-16-5-4-12(21)7-15(16)22/h1-8,10H,9H2,(H,26,28). The van der Waals surface area contributed by atoms with E-state index < -0.39 is 17.5 Å². The van der Waals surface area contributed by atoms with Crippen LogP contribution in [0.2, 0.25) is 5.02 Å². The van der Waals surface area contributed by atoms with Gasteiger partial charge in [0.15, 0.2) is 5.65 Å². The van der Waals surface area contributed by atoms with Gasteiger partial charge >= 0.3 is 0 Å². The summed E-state index contributed by atoms with van der Waals surface area (Å²) in [4.78, 5) is 20.6. The van der Waals surface area contributed by atoms with Gasteiger partial charge < -0.3 is 5.32 Å². The van der Waals surface area contributed by atoms with Crippen LogP contribution in [0, 0.1) is 11.6 Å². The Morgan fingerprint density at radius 1 is 1.17 bits per heavy atom. The molecule has 4 rings (SSSR count). The summed E-state index contributed by atoms with van der Waals surface area (Å²) >= 11 is 7.20. The third-order valence-corrected chi connectivity index (χ3v) is 5.17. The minimum absolute atomic E-state index is 0.0225. The molecule has 2 aromatic carbocycles. The molecule has 0 bridgehead atoms. The summed E-state index contributed by atoms with van der Waals surface area (Å²) in [6.45, 7) is 0. The summed E-state index contributed by atoms with van der Waals surface area (Å²) in [6.07, 6.45) is 2.99. The Hall–Kier alpha value is -3.04. The number of anilines is 1. The molecule has 0 saturated carbocycles. The molecule has 2 heterocycles. The summed E-state index contributed by atoms with van der Waals surface area (Å²) in [6, 6.07) is 10.1. The fourth-order valence-corrected chi connectivity index (χ4v) is 3.59. The van der Waals surface area contributed by atoms with E-state index in [0.29, 0.717) is 27.1 Å². The van der Waals surface area contributed by atoms with E-state index >= 15 is 0 Å². The number of hydrogen-bond donors (Lipinski definition) is 1. The van der Waals surface area contributed by atoms with Crippen molar-refractivity contribution < 1.29 is 13.6 Å². The number of rotatable bonds is 5. The third-order valence-electron chi connectivity index (χ3n) is 3.93. The molecule has 10 heteroatoms. The summed E-state index contributed by atoms with van der Waals surface area (Å²) in [7, 11) is 0. The molecule has 0 aliphatic heterocycles. The number of halogens is 3. The van der Waals surface area contributed by atoms with Crippen LogP contribution in [0.25, 0.3) is 16.7 Å². The van der Waals surface area contributed by atoms with Gasteiger partial charge in [0, 0.05) is 11.1 Å². The quantitative estimate of drug-likeness (QED) is 0.372. The van der Waals surface area contributed by atoms with Crippen LogP contribution >= 0.6 is 23.4 Å². The molecule has 1 amide bonds. The summed E-state index contributed by atoms with van der Waals surface area (Å²) in [5.74, 6) is -2.02. The number of amides is 1. The third kappa shape index (κ3) is 4.20. The van der Waals surface area contributed by atoms with E-state index in [9.17, 15) is 13.6 Å². The van der Waals surface area contributed by atoms with E-state index in [2.05, 4.69) is 20.4 Å². The first-order chi connectivity index (χ1) is 14.0. The van der Waals surface area contributed by atoms with Gasteiger partial charge in [0.25, 0.3) is 0 Å². The summed E-state index contributed by atoms with van der Waals surface area (Å²) in [5.41, 5.74) is 1.22. The van der Waals surface area contributed by atoms with Gasteiger partial charge in [0.1, 0.15) is 23.0 Å². The molecular formula is C19H12ClF2N5OS. The minimum Gasteiger partial charge on any atom is -0.323 e. The monoisotopic (exact) mass is 431 g/mol. The van der Waals surface area contributed by atoms with Crippen molar-refractivity contribution in [3.05, 3.63) is 71.6 Å². The number of hydrogen-bond acceptors (Lipinski definition) is 5. The Morgan fingerprint density at radius 3 is 2.83 bits per heavy atom. The Balaban J connectivity index is 1.52. The molecule has 0 aliphatic rings. The molecule has 2 aromatic heterocycles. The van der Waals surface area contributed by atoms with Crippen molar-refractivity contribution in [1.82, 2.24) is 19.7 Å². The van der Waals surface area contributed by atoms with Crippen LogP contribution in [0.15, 0.2) is 60.0 Å². The largest absolute Gasteiger partial charge is 0.323 e. The number of thioether (sulfide) groups is 1. The highest BCUT2D eigenvalue weighted by Gasteiger charge is 2.14. The van der Waals surface area contributed by atoms with Crippen LogP contribution < -0.4 is 5.32 Å². The Bertz CT molecular complexity index is 1220. The molecule has 0 spiro atoms. The van der Waals surface area contributed by atoms with Crippen molar-refractivity contribution in [2.75, 3.05) is 11.1 Å². The van der Waals surface area contributed by atoms with Crippen LogP contribution in [0.5, 0.6) is 0 Å². The van der Waals surface area contributed by atoms with Crippen molar-refractivity contribution in [2.24, 2.45) is 0 Å². The van der Waals surface area contributed by atoms with Gasteiger partial charge in [0.05, 0.1) is 28.7 Å². The topological polar surface area (TPSA) is 72.7 Å². The van der Waals surface area contributed by atoms with Crippen molar-refractivity contribution in [3.8, 4) is 5.69 Å². The van der Waals surface area contributed by atoms with Crippen molar-refractivity contribution in [2.45, 2.75) is 5.03 Å². The van der Waals surface area contributed by atoms with Gasteiger partial charge in [-0.25, -0.2) is 23.4 Å². The molecule has 0 fully saturated rings. The normalized spacial score (nSPS) is 11.0. The zero-order valence-corrected chi connectivity index (χ0v) is 16.2. The van der Waals surface area contributed by atoms with E-state index in [0.717, 1.165) is 23.5 Å². The number of benzene rings is 2. The zero-order valence-electron chi connectivity index (χ0n) is 14.6. The highest BCUT2D eigenvalue weighted by molar-refractivity contribution is 8.00. The molecule has 0 radical (unpaired) electrons. The molecule has 0 aliphatic carbocycles. The molecule has 6 nitrogen and oxygen atoms in total. The second kappa shape index (κ2) is 8.14. The predicted octanol–water partition coefficient (Wildman–Crippen LogP) is 4.48. The van der Waals surface area contributed by atoms with E-state index in [4.69, 9.17) is 11.6 Å². The van der Waals surface area contributed by atoms with Crippen molar-refractivity contribution in [1.29, 1.82) is 0 Å². The smallest absolute Gasteiger partial charge is 0.234 e. The highest BCUT2D eigenvalue weighted by Crippen LogP contribution is 2.26. The van der Waals surface area contributed by atoms with Gasteiger partial charge in [-0.05, 0) is 30.3 Å². The molecule has 0 unspecified atom stereocenters. The fraction of sp³-hybridized carbons (Fsp3) is 0.0526. The predicted molar refractivity (Wildman–Crippen MR) is 107 cm³/mol. The number of nitrogens with zero attached hydrogens (tertiary/aromatic N) is 4. The van der Waals surface area contributed by atoms with Gasteiger partial charge in [-0.15, -0.1) is 0 Å². The maximum absolute atomic E-state index is 13.7. The van der Waals surface area contributed by atoms with Crippen LogP contribution in [0.1, 0.15) is 0 Å². The second-order valence-electron chi connectivity index (χ2n) is 5.91. The second-order valence-corrected chi connectivity index (χ2v) is 7.31. The van der Waals surface area contributed by atoms with E-state index in [1.807, 2.05) is 6.07 Å². The Kier molecular flexibility index (Phi) is 5.41. The molecule has 29 heavy (non-hydrogen) atoms. The minimum atomic E-state index is -0.837. The molecule has 0 atom stereocenters. The molecule has 146 valence electrons. The van der Waals surface area contributed by atoms with Gasteiger partial charge in [-0.2, -0.15) is 5.10 Å². The van der Waals surface area contributed by atoms with Gasteiger partial charge in [0.2, 0.25) is 5.91 Å². The maximum atomic E-state index is 13.7. The van der Waals surface area contributed by atoms with Gasteiger partial charge in [-0.1, -0.05) is 29.4 Å². The average molecular weight is 432 g/mol. The van der Waals surface area contributed by atoms with Crippen molar-refractivity contribution >= 4 is 46.0 Å². The molecule has 1 N–H and O–H groups in total. The first kappa shape index (κ1) is 19.3. The molecular weight excluding hydrogens is 420 g/mol. The van der Waals surface area contributed by atoms with E-state index in [1.54, 1.807) is 29.1 Å². The van der Waals surface area contributed by atoms with E-state index in [1.165, 1.54) is 12.4 Å². The number of aromatic nitrogens is 4. The summed E-state index contributed by atoms with van der Waals surface area (Å²) < 4.78 is 28.3. The van der Waals surface area contributed by atoms with Crippen LogP contribution in [-0.4, -0.2) is 31.4 Å². The van der Waals surface area contributed by atoms with Crippen molar-refractivity contribution in [3.63, 3.8) is 0 Å². The number of carbonyl (C=O) groups is 1. The average Bonchev–Trinajstić information content (AvgIpc) is 3.13. The highest BCUT2D eigenvalue weighted by atomic mass is 35.5. The lowest BCUT2D eigenvalue weighted by molar-refractivity contribution is -0.113. The fourth-order valence-electron chi connectivity index (χ4n) is 2.65. The number of fused-ring (bicyclic) bond motifs is 1. The Morgan fingerprint density at radius 2 is 2.03 bits per heavy atom. The SMILES string of the molecule is O=C(CSc1ncnc2c1cnn2-c1cccc(Cl)c1)Nc1ccc(F)cc1F.